The van der Waals surface area contributed by atoms with Gasteiger partial charge in [-0.15, -0.1) is 0 Å². The van der Waals surface area contributed by atoms with Crippen molar-refractivity contribution in [3.63, 3.8) is 0 Å². The molecular formula is C11H11ClN2O2S. The molecule has 0 spiro atoms. The number of nitrogens with one attached hydrogen (secondary N) is 1. The highest BCUT2D eigenvalue weighted by Crippen LogP contribution is 2.26. The van der Waals surface area contributed by atoms with Gasteiger partial charge in [-0.1, -0.05) is 30.3 Å². The molecule has 0 aliphatic carbocycles. The molecule has 6 heteroatoms. The summed E-state index contributed by atoms with van der Waals surface area (Å²) in [5.74, 6) is -0.823. The molecule has 1 aromatic heterocycles. The van der Waals surface area contributed by atoms with Gasteiger partial charge in [0.15, 0.2) is 5.16 Å². The number of fused-ring (bicyclic) bond motifs is 1. The maximum Gasteiger partial charge on any atom is 0.317 e. The number of rotatable bonds is 4. The van der Waals surface area contributed by atoms with E-state index in [9.17, 15) is 4.79 Å². The largest absolute Gasteiger partial charge is 0.480 e. The second-order valence-electron chi connectivity index (χ2n) is 3.56. The van der Waals surface area contributed by atoms with E-state index in [2.05, 4.69) is 9.97 Å². The highest BCUT2D eigenvalue weighted by Gasteiger charge is 2.18. The van der Waals surface area contributed by atoms with Crippen molar-refractivity contribution in [1.82, 2.24) is 9.97 Å². The molecule has 4 nitrogen and oxygen atoms in total. The van der Waals surface area contributed by atoms with Gasteiger partial charge in [-0.25, -0.2) is 4.98 Å². The number of carboxylic acid groups (broad SMARTS) is 1. The number of carbonyl (C=O) groups is 1. The van der Waals surface area contributed by atoms with E-state index in [-0.39, 0.29) is 0 Å². The molecule has 2 N–H and O–H groups in total. The van der Waals surface area contributed by atoms with Crippen molar-refractivity contribution in [2.24, 2.45) is 0 Å². The van der Waals surface area contributed by atoms with Crippen molar-refractivity contribution in [2.75, 3.05) is 0 Å². The van der Waals surface area contributed by atoms with E-state index < -0.39 is 11.2 Å². The molecule has 17 heavy (non-hydrogen) atoms. The molecule has 2 aromatic rings. The molecule has 90 valence electrons. The Bertz CT molecular complexity index is 555. The van der Waals surface area contributed by atoms with Crippen molar-refractivity contribution >= 4 is 40.4 Å². The number of thioether (sulfide) groups is 1. The first-order valence-corrected chi connectivity index (χ1v) is 6.40. The molecule has 0 aliphatic rings. The predicted molar refractivity (Wildman–Crippen MR) is 68.7 cm³/mol. The number of carboxylic acids is 1. The molecule has 1 unspecified atom stereocenters. The first kappa shape index (κ1) is 12.3. The van der Waals surface area contributed by atoms with E-state index in [0.717, 1.165) is 11.0 Å². The van der Waals surface area contributed by atoms with Crippen LogP contribution >= 0.6 is 23.4 Å². The van der Waals surface area contributed by atoms with Crippen LogP contribution in [0.25, 0.3) is 11.0 Å². The standard InChI is InChI=1S/C11H11ClN2O2S/c1-2-9(10(15)16)17-11-13-7-4-3-6(12)5-8(7)14-11/h3-5,9H,2H2,1H3,(H,13,14)(H,15,16). The third-order valence-electron chi connectivity index (χ3n) is 2.32. The van der Waals surface area contributed by atoms with Gasteiger partial charge in [0, 0.05) is 5.02 Å². The van der Waals surface area contributed by atoms with Gasteiger partial charge in [-0.05, 0) is 24.6 Å². The number of aliphatic carboxylic acids is 1. The van der Waals surface area contributed by atoms with E-state index in [1.165, 1.54) is 11.8 Å². The molecule has 0 bridgehead atoms. The molecule has 0 amide bonds. The summed E-state index contributed by atoms with van der Waals surface area (Å²) in [5.41, 5.74) is 1.61. The Kier molecular flexibility index (Phi) is 3.59. The van der Waals surface area contributed by atoms with E-state index in [4.69, 9.17) is 16.7 Å². The SMILES string of the molecule is CCC(Sc1nc2ccc(Cl)cc2[nH]1)C(=O)O. The minimum absolute atomic E-state index is 0.481. The van der Waals surface area contributed by atoms with Crippen LogP contribution in [0.5, 0.6) is 0 Å². The lowest BCUT2D eigenvalue weighted by atomic mass is 10.3. The van der Waals surface area contributed by atoms with E-state index in [0.29, 0.717) is 16.6 Å². The topological polar surface area (TPSA) is 66.0 Å². The fourth-order valence-electron chi connectivity index (χ4n) is 1.46. The highest BCUT2D eigenvalue weighted by molar-refractivity contribution is 8.00. The van der Waals surface area contributed by atoms with Crippen LogP contribution in [0, 0.1) is 0 Å². The number of aromatic nitrogens is 2. The number of halogens is 1. The molecule has 2 rings (SSSR count). The van der Waals surface area contributed by atoms with Gasteiger partial charge in [0.2, 0.25) is 0 Å². The van der Waals surface area contributed by atoms with Gasteiger partial charge < -0.3 is 10.1 Å². The Morgan fingerprint density at radius 1 is 1.65 bits per heavy atom. The Hall–Kier alpha value is -1.20. The number of H-pyrrole nitrogens is 1. The van der Waals surface area contributed by atoms with Crippen molar-refractivity contribution in [2.45, 2.75) is 23.8 Å². The normalized spacial score (nSPS) is 12.8. The summed E-state index contributed by atoms with van der Waals surface area (Å²) in [6.45, 7) is 1.84. The second-order valence-corrected chi connectivity index (χ2v) is 5.18. The Labute approximate surface area is 107 Å². The lowest BCUT2D eigenvalue weighted by Gasteiger charge is -2.05. The molecular weight excluding hydrogens is 260 g/mol. The molecule has 1 aromatic carbocycles. The van der Waals surface area contributed by atoms with Gasteiger partial charge in [0.05, 0.1) is 11.0 Å². The zero-order valence-electron chi connectivity index (χ0n) is 9.11. The first-order valence-electron chi connectivity index (χ1n) is 5.15. The summed E-state index contributed by atoms with van der Waals surface area (Å²) in [6.07, 6.45) is 0.553. The van der Waals surface area contributed by atoms with Crippen LogP contribution in [0.1, 0.15) is 13.3 Å². The Balaban J connectivity index is 2.27. The second kappa shape index (κ2) is 4.98. The van der Waals surface area contributed by atoms with Crippen molar-refractivity contribution < 1.29 is 9.90 Å². The molecule has 0 saturated carbocycles. The van der Waals surface area contributed by atoms with Gasteiger partial charge in [-0.2, -0.15) is 0 Å². The van der Waals surface area contributed by atoms with Crippen LogP contribution in [0.2, 0.25) is 5.02 Å². The van der Waals surface area contributed by atoms with Gasteiger partial charge in [0.25, 0.3) is 0 Å². The lowest BCUT2D eigenvalue weighted by molar-refractivity contribution is -0.136. The average Bonchev–Trinajstić information content (AvgIpc) is 2.66. The van der Waals surface area contributed by atoms with Crippen molar-refractivity contribution in [1.29, 1.82) is 0 Å². The fourth-order valence-corrected chi connectivity index (χ4v) is 2.49. The molecule has 0 aliphatic heterocycles. The summed E-state index contributed by atoms with van der Waals surface area (Å²) in [6, 6.07) is 5.34. The van der Waals surface area contributed by atoms with Crippen molar-refractivity contribution in [3.05, 3.63) is 23.2 Å². The van der Waals surface area contributed by atoms with Crippen molar-refractivity contribution in [3.8, 4) is 0 Å². The van der Waals surface area contributed by atoms with Gasteiger partial charge in [-0.3, -0.25) is 4.79 Å². The zero-order chi connectivity index (χ0) is 12.4. The quantitative estimate of drug-likeness (QED) is 0.838. The molecule has 1 heterocycles. The fraction of sp³-hybridized carbons (Fsp3) is 0.273. The first-order chi connectivity index (χ1) is 8.10. The number of hydrogen-bond donors (Lipinski definition) is 2. The number of imidazole rings is 1. The van der Waals surface area contributed by atoms with Crippen LogP contribution in [0.4, 0.5) is 0 Å². The van der Waals surface area contributed by atoms with E-state index >= 15 is 0 Å². The van der Waals surface area contributed by atoms with E-state index in [1.54, 1.807) is 18.2 Å². The third kappa shape index (κ3) is 2.73. The summed E-state index contributed by atoms with van der Waals surface area (Å²) in [7, 11) is 0. The maximum absolute atomic E-state index is 10.9. The molecule has 0 fully saturated rings. The minimum atomic E-state index is -0.823. The monoisotopic (exact) mass is 270 g/mol. The third-order valence-corrected chi connectivity index (χ3v) is 3.79. The summed E-state index contributed by atoms with van der Waals surface area (Å²) in [5, 5.41) is 9.73. The minimum Gasteiger partial charge on any atom is -0.480 e. The van der Waals surface area contributed by atoms with Crippen LogP contribution in [0.15, 0.2) is 23.4 Å². The number of benzene rings is 1. The summed E-state index contributed by atoms with van der Waals surface area (Å²) < 4.78 is 0. The van der Waals surface area contributed by atoms with E-state index in [1.807, 2.05) is 6.92 Å². The number of aromatic amines is 1. The van der Waals surface area contributed by atoms with Crippen LogP contribution in [0.3, 0.4) is 0 Å². The predicted octanol–water partition coefficient (Wildman–Crippen LogP) is 3.17. The average molecular weight is 271 g/mol. The lowest BCUT2D eigenvalue weighted by Crippen LogP contribution is -2.14. The highest BCUT2D eigenvalue weighted by atomic mass is 35.5. The smallest absolute Gasteiger partial charge is 0.317 e. The number of nitrogens with zero attached hydrogens (tertiary/aromatic N) is 1. The summed E-state index contributed by atoms with van der Waals surface area (Å²) in [4.78, 5) is 18.3. The Morgan fingerprint density at radius 2 is 2.41 bits per heavy atom. The maximum atomic E-state index is 10.9. The van der Waals surface area contributed by atoms with Crippen LogP contribution in [-0.4, -0.2) is 26.3 Å². The van der Waals surface area contributed by atoms with Gasteiger partial charge >= 0.3 is 5.97 Å². The summed E-state index contributed by atoms with van der Waals surface area (Å²) >= 11 is 7.08. The molecule has 0 saturated heterocycles. The molecule has 0 radical (unpaired) electrons. The molecule has 1 atom stereocenters. The van der Waals surface area contributed by atoms with Crippen LogP contribution in [-0.2, 0) is 4.79 Å². The number of hydrogen-bond acceptors (Lipinski definition) is 3. The Morgan fingerprint density at radius 3 is 3.06 bits per heavy atom. The van der Waals surface area contributed by atoms with Gasteiger partial charge in [0.1, 0.15) is 5.25 Å². The zero-order valence-corrected chi connectivity index (χ0v) is 10.7. The van der Waals surface area contributed by atoms with Crippen LogP contribution < -0.4 is 0 Å².